The predicted molar refractivity (Wildman–Crippen MR) is 58.7 cm³/mol. The van der Waals surface area contributed by atoms with Crippen LogP contribution < -0.4 is 5.32 Å². The van der Waals surface area contributed by atoms with E-state index in [4.69, 9.17) is 4.74 Å². The van der Waals surface area contributed by atoms with Crippen molar-refractivity contribution in [3.63, 3.8) is 0 Å². The Balaban J connectivity index is 1.87. The largest absolute Gasteiger partial charge is 0.380 e. The van der Waals surface area contributed by atoms with Gasteiger partial charge in [-0.3, -0.25) is 5.10 Å². The number of aromatic nitrogens is 2. The summed E-state index contributed by atoms with van der Waals surface area (Å²) in [7, 11) is 0. The van der Waals surface area contributed by atoms with Crippen molar-refractivity contribution >= 4 is 0 Å². The first-order valence-electron chi connectivity index (χ1n) is 5.59. The average Bonchev–Trinajstić information content (AvgIpc) is 2.58. The first-order chi connectivity index (χ1) is 7.27. The standard InChI is InChI=1S/C11H19N3O/c1-8-11(9(2)14-13-8)6-12-10-4-3-5-15-7-10/h10,12H,3-7H2,1-2H3,(H,13,14). The monoisotopic (exact) mass is 209 g/mol. The Morgan fingerprint density at radius 1 is 1.53 bits per heavy atom. The normalized spacial score (nSPS) is 21.9. The number of rotatable bonds is 3. The quantitative estimate of drug-likeness (QED) is 0.788. The van der Waals surface area contributed by atoms with Crippen LogP contribution in [0, 0.1) is 13.8 Å². The van der Waals surface area contributed by atoms with E-state index in [0.29, 0.717) is 6.04 Å². The van der Waals surface area contributed by atoms with Gasteiger partial charge < -0.3 is 10.1 Å². The minimum atomic E-state index is 0.507. The number of nitrogens with one attached hydrogen (secondary N) is 2. The molecule has 0 aliphatic carbocycles. The molecule has 1 aromatic heterocycles. The van der Waals surface area contributed by atoms with Crippen molar-refractivity contribution in [3.05, 3.63) is 17.0 Å². The summed E-state index contributed by atoms with van der Waals surface area (Å²) in [6.07, 6.45) is 2.39. The highest BCUT2D eigenvalue weighted by Crippen LogP contribution is 2.11. The topological polar surface area (TPSA) is 49.9 Å². The van der Waals surface area contributed by atoms with Crippen LogP contribution >= 0.6 is 0 Å². The number of ether oxygens (including phenoxy) is 1. The van der Waals surface area contributed by atoms with E-state index in [1.165, 1.54) is 18.4 Å². The van der Waals surface area contributed by atoms with Crippen molar-refractivity contribution in [2.45, 2.75) is 39.3 Å². The summed E-state index contributed by atoms with van der Waals surface area (Å²) in [5.74, 6) is 0. The van der Waals surface area contributed by atoms with Gasteiger partial charge in [0.15, 0.2) is 0 Å². The molecule has 1 atom stereocenters. The summed E-state index contributed by atoms with van der Waals surface area (Å²) in [6, 6.07) is 0.507. The van der Waals surface area contributed by atoms with Gasteiger partial charge in [-0.1, -0.05) is 0 Å². The molecule has 2 N–H and O–H groups in total. The van der Waals surface area contributed by atoms with E-state index in [-0.39, 0.29) is 0 Å². The molecule has 0 radical (unpaired) electrons. The first-order valence-corrected chi connectivity index (χ1v) is 5.59. The van der Waals surface area contributed by atoms with E-state index >= 15 is 0 Å². The summed E-state index contributed by atoms with van der Waals surface area (Å²) < 4.78 is 5.43. The predicted octanol–water partition coefficient (Wildman–Crippen LogP) is 1.30. The number of hydrogen-bond acceptors (Lipinski definition) is 3. The van der Waals surface area contributed by atoms with Crippen LogP contribution in [0.3, 0.4) is 0 Å². The number of aryl methyl sites for hydroxylation is 2. The van der Waals surface area contributed by atoms with E-state index in [0.717, 1.165) is 31.1 Å². The zero-order valence-corrected chi connectivity index (χ0v) is 9.47. The van der Waals surface area contributed by atoms with E-state index in [2.05, 4.69) is 22.4 Å². The molecule has 15 heavy (non-hydrogen) atoms. The second kappa shape index (κ2) is 4.77. The van der Waals surface area contributed by atoms with Gasteiger partial charge in [0.05, 0.1) is 12.3 Å². The summed E-state index contributed by atoms with van der Waals surface area (Å²) >= 11 is 0. The highest BCUT2D eigenvalue weighted by molar-refractivity contribution is 5.22. The fourth-order valence-corrected chi connectivity index (χ4v) is 1.98. The van der Waals surface area contributed by atoms with Gasteiger partial charge in [0.2, 0.25) is 0 Å². The maximum atomic E-state index is 5.43. The van der Waals surface area contributed by atoms with Crippen molar-refractivity contribution in [2.24, 2.45) is 0 Å². The lowest BCUT2D eigenvalue weighted by molar-refractivity contribution is 0.0699. The number of hydrogen-bond donors (Lipinski definition) is 2. The maximum absolute atomic E-state index is 5.43. The zero-order valence-electron chi connectivity index (χ0n) is 9.47. The molecule has 1 aromatic rings. The average molecular weight is 209 g/mol. The number of H-pyrrole nitrogens is 1. The molecule has 0 aromatic carbocycles. The van der Waals surface area contributed by atoms with E-state index in [1.807, 2.05) is 6.92 Å². The summed E-state index contributed by atoms with van der Waals surface area (Å²) in [5.41, 5.74) is 3.55. The molecule has 1 aliphatic heterocycles. The van der Waals surface area contributed by atoms with E-state index in [9.17, 15) is 0 Å². The Morgan fingerprint density at radius 3 is 3.00 bits per heavy atom. The second-order valence-corrected chi connectivity index (χ2v) is 4.21. The fraction of sp³-hybridized carbons (Fsp3) is 0.727. The molecule has 0 amide bonds. The van der Waals surface area contributed by atoms with Gasteiger partial charge in [-0.25, -0.2) is 0 Å². The molecule has 2 heterocycles. The van der Waals surface area contributed by atoms with Crippen molar-refractivity contribution in [1.29, 1.82) is 0 Å². The van der Waals surface area contributed by atoms with E-state index in [1.54, 1.807) is 0 Å². The molecule has 4 nitrogen and oxygen atoms in total. The summed E-state index contributed by atoms with van der Waals surface area (Å²) in [6.45, 7) is 6.76. The van der Waals surface area contributed by atoms with Gasteiger partial charge in [0.1, 0.15) is 0 Å². The van der Waals surface area contributed by atoms with Gasteiger partial charge in [0.25, 0.3) is 0 Å². The van der Waals surface area contributed by atoms with Gasteiger partial charge in [0, 0.05) is 30.5 Å². The van der Waals surface area contributed by atoms with Crippen molar-refractivity contribution in [3.8, 4) is 0 Å². The number of nitrogens with zero attached hydrogens (tertiary/aromatic N) is 1. The zero-order chi connectivity index (χ0) is 10.7. The third kappa shape index (κ3) is 2.58. The van der Waals surface area contributed by atoms with Crippen LogP contribution in [-0.2, 0) is 11.3 Å². The van der Waals surface area contributed by atoms with Crippen LogP contribution in [-0.4, -0.2) is 29.5 Å². The van der Waals surface area contributed by atoms with Crippen LogP contribution in [0.2, 0.25) is 0 Å². The highest BCUT2D eigenvalue weighted by atomic mass is 16.5. The Bertz CT molecular complexity index is 296. The molecule has 0 bridgehead atoms. The molecule has 4 heteroatoms. The molecule has 1 unspecified atom stereocenters. The minimum absolute atomic E-state index is 0.507. The van der Waals surface area contributed by atoms with Crippen LogP contribution in [0.4, 0.5) is 0 Å². The third-order valence-corrected chi connectivity index (χ3v) is 3.01. The molecular weight excluding hydrogens is 190 g/mol. The van der Waals surface area contributed by atoms with Gasteiger partial charge in [-0.2, -0.15) is 5.10 Å². The lowest BCUT2D eigenvalue weighted by Gasteiger charge is -2.23. The Hall–Kier alpha value is -0.870. The maximum Gasteiger partial charge on any atom is 0.0638 e. The van der Waals surface area contributed by atoms with Crippen LogP contribution in [0.1, 0.15) is 29.8 Å². The minimum Gasteiger partial charge on any atom is -0.380 e. The van der Waals surface area contributed by atoms with Gasteiger partial charge in [-0.15, -0.1) is 0 Å². The Morgan fingerprint density at radius 2 is 2.40 bits per heavy atom. The SMILES string of the molecule is Cc1n[nH]c(C)c1CNC1CCCOC1. The molecule has 2 rings (SSSR count). The van der Waals surface area contributed by atoms with Crippen LogP contribution in [0.25, 0.3) is 0 Å². The molecule has 1 saturated heterocycles. The smallest absolute Gasteiger partial charge is 0.0638 e. The Labute approximate surface area is 90.4 Å². The second-order valence-electron chi connectivity index (χ2n) is 4.21. The van der Waals surface area contributed by atoms with Crippen molar-refractivity contribution < 1.29 is 4.74 Å². The molecule has 0 saturated carbocycles. The molecule has 84 valence electrons. The lowest BCUT2D eigenvalue weighted by atomic mass is 10.1. The lowest BCUT2D eigenvalue weighted by Crippen LogP contribution is -2.36. The molecular formula is C11H19N3O. The molecule has 0 spiro atoms. The van der Waals surface area contributed by atoms with Gasteiger partial charge in [-0.05, 0) is 26.7 Å². The molecule has 1 fully saturated rings. The Kier molecular flexibility index (Phi) is 3.38. The van der Waals surface area contributed by atoms with Gasteiger partial charge >= 0.3 is 0 Å². The third-order valence-electron chi connectivity index (χ3n) is 3.01. The highest BCUT2D eigenvalue weighted by Gasteiger charge is 2.14. The van der Waals surface area contributed by atoms with E-state index < -0.39 is 0 Å². The van der Waals surface area contributed by atoms with Crippen molar-refractivity contribution in [1.82, 2.24) is 15.5 Å². The van der Waals surface area contributed by atoms with Crippen LogP contribution in [0.5, 0.6) is 0 Å². The fourth-order valence-electron chi connectivity index (χ4n) is 1.98. The summed E-state index contributed by atoms with van der Waals surface area (Å²) in [5, 5.41) is 10.7. The van der Waals surface area contributed by atoms with Crippen LogP contribution in [0.15, 0.2) is 0 Å². The van der Waals surface area contributed by atoms with Crippen molar-refractivity contribution in [2.75, 3.05) is 13.2 Å². The summed E-state index contributed by atoms with van der Waals surface area (Å²) in [4.78, 5) is 0. The molecule has 1 aliphatic rings. The first kappa shape index (κ1) is 10.6. The number of aromatic amines is 1.